The lowest BCUT2D eigenvalue weighted by atomic mass is 10.3. The zero-order valence-electron chi connectivity index (χ0n) is 10.1. The van der Waals surface area contributed by atoms with Gasteiger partial charge in [0.15, 0.2) is 0 Å². The number of hydrogen-bond donors (Lipinski definition) is 2. The summed E-state index contributed by atoms with van der Waals surface area (Å²) in [6, 6.07) is 3.14. The number of halogens is 1. The molecule has 0 aliphatic carbocycles. The Kier molecular flexibility index (Phi) is 4.35. The Balaban J connectivity index is 2.05. The van der Waals surface area contributed by atoms with Gasteiger partial charge in [-0.15, -0.1) is 0 Å². The molecule has 1 heterocycles. The van der Waals surface area contributed by atoms with E-state index in [1.54, 1.807) is 0 Å². The highest BCUT2D eigenvalue weighted by Crippen LogP contribution is 2.18. The third-order valence-corrected chi connectivity index (χ3v) is 4.14. The van der Waals surface area contributed by atoms with Crippen LogP contribution in [0, 0.1) is 5.82 Å². The van der Waals surface area contributed by atoms with Crippen molar-refractivity contribution in [1.82, 2.24) is 4.72 Å². The summed E-state index contributed by atoms with van der Waals surface area (Å²) in [4.78, 5) is -0.148. The van der Waals surface area contributed by atoms with Gasteiger partial charge in [-0.3, -0.25) is 0 Å². The van der Waals surface area contributed by atoms with Crippen LogP contribution in [0.25, 0.3) is 0 Å². The fourth-order valence-corrected chi connectivity index (χ4v) is 2.88. The van der Waals surface area contributed by atoms with E-state index < -0.39 is 15.8 Å². The minimum atomic E-state index is -3.78. The molecule has 19 heavy (non-hydrogen) atoms. The number of nitrogens with one attached hydrogen (secondary N) is 1. The largest absolute Gasteiger partial charge is 0.398 e. The van der Waals surface area contributed by atoms with Crippen molar-refractivity contribution in [1.29, 1.82) is 0 Å². The third kappa shape index (κ3) is 3.63. The Bertz CT molecular complexity index is 544. The van der Waals surface area contributed by atoms with Gasteiger partial charge in [-0.25, -0.2) is 17.5 Å². The van der Waals surface area contributed by atoms with Crippen molar-refractivity contribution in [3.8, 4) is 0 Å². The van der Waals surface area contributed by atoms with Gasteiger partial charge in [-0.05, 0) is 18.2 Å². The van der Waals surface area contributed by atoms with Crippen molar-refractivity contribution in [3.05, 3.63) is 24.0 Å². The lowest BCUT2D eigenvalue weighted by molar-refractivity contribution is -0.0846. The maximum Gasteiger partial charge on any atom is 0.242 e. The van der Waals surface area contributed by atoms with Gasteiger partial charge in [-0.2, -0.15) is 0 Å². The average Bonchev–Trinajstić information content (AvgIpc) is 2.37. The highest BCUT2D eigenvalue weighted by atomic mass is 32.2. The number of hydrogen-bond acceptors (Lipinski definition) is 5. The molecule has 1 aromatic rings. The molecule has 2 rings (SSSR count). The van der Waals surface area contributed by atoms with E-state index in [0.29, 0.717) is 19.8 Å². The number of anilines is 1. The molecule has 0 aromatic heterocycles. The highest BCUT2D eigenvalue weighted by Gasteiger charge is 2.21. The molecule has 0 bridgehead atoms. The van der Waals surface area contributed by atoms with E-state index in [-0.39, 0.29) is 23.2 Å². The van der Waals surface area contributed by atoms with Crippen molar-refractivity contribution in [2.24, 2.45) is 0 Å². The molecule has 1 fully saturated rings. The third-order valence-electron chi connectivity index (χ3n) is 2.65. The van der Waals surface area contributed by atoms with Crippen molar-refractivity contribution in [2.75, 3.05) is 32.1 Å². The Morgan fingerprint density at radius 2 is 2.21 bits per heavy atom. The predicted octanol–water partition coefficient (Wildman–Crippen LogP) is 0.102. The van der Waals surface area contributed by atoms with Crippen molar-refractivity contribution >= 4 is 15.7 Å². The molecule has 0 amide bonds. The van der Waals surface area contributed by atoms with E-state index in [1.165, 1.54) is 0 Å². The second kappa shape index (κ2) is 5.83. The summed E-state index contributed by atoms with van der Waals surface area (Å²) in [5.41, 5.74) is 5.37. The molecular formula is C11H15FN2O4S. The van der Waals surface area contributed by atoms with Gasteiger partial charge in [0.2, 0.25) is 10.0 Å². The van der Waals surface area contributed by atoms with Gasteiger partial charge < -0.3 is 15.2 Å². The fourth-order valence-electron chi connectivity index (χ4n) is 1.70. The minimum Gasteiger partial charge on any atom is -0.398 e. The maximum atomic E-state index is 12.9. The lowest BCUT2D eigenvalue weighted by Crippen LogP contribution is -2.39. The molecule has 0 saturated carbocycles. The highest BCUT2D eigenvalue weighted by molar-refractivity contribution is 7.89. The molecule has 1 saturated heterocycles. The summed E-state index contributed by atoms with van der Waals surface area (Å²) in [5, 5.41) is 0. The Hall–Kier alpha value is -1.22. The molecule has 1 aliphatic heterocycles. The monoisotopic (exact) mass is 290 g/mol. The van der Waals surface area contributed by atoms with Gasteiger partial charge >= 0.3 is 0 Å². The van der Waals surface area contributed by atoms with Gasteiger partial charge in [0.1, 0.15) is 10.7 Å². The SMILES string of the molecule is Nc1cc(F)ccc1S(=O)(=O)NCC1COCCO1. The van der Waals surface area contributed by atoms with Crippen LogP contribution >= 0.6 is 0 Å². The zero-order chi connectivity index (χ0) is 13.9. The molecule has 1 aliphatic rings. The first-order chi connectivity index (χ1) is 8.99. The van der Waals surface area contributed by atoms with Crippen LogP contribution in [-0.2, 0) is 19.5 Å². The second-order valence-corrected chi connectivity index (χ2v) is 5.84. The number of nitrogens with two attached hydrogens (primary N) is 1. The molecule has 3 N–H and O–H groups in total. The van der Waals surface area contributed by atoms with Crippen molar-refractivity contribution in [3.63, 3.8) is 0 Å². The summed E-state index contributed by atoms with van der Waals surface area (Å²) in [6.45, 7) is 1.36. The van der Waals surface area contributed by atoms with Gasteiger partial charge in [0.05, 0.1) is 31.6 Å². The molecule has 106 valence electrons. The first-order valence-corrected chi connectivity index (χ1v) is 7.21. The summed E-state index contributed by atoms with van der Waals surface area (Å²) in [6.07, 6.45) is -0.329. The van der Waals surface area contributed by atoms with Crippen LogP contribution in [0.4, 0.5) is 10.1 Å². The van der Waals surface area contributed by atoms with E-state index in [9.17, 15) is 12.8 Å². The van der Waals surface area contributed by atoms with E-state index in [2.05, 4.69) is 4.72 Å². The Morgan fingerprint density at radius 3 is 2.84 bits per heavy atom. The number of benzene rings is 1. The number of sulfonamides is 1. The van der Waals surface area contributed by atoms with Crippen LogP contribution in [0.1, 0.15) is 0 Å². The van der Waals surface area contributed by atoms with Gasteiger partial charge in [0.25, 0.3) is 0 Å². The predicted molar refractivity (Wildman–Crippen MR) is 66.6 cm³/mol. The lowest BCUT2D eigenvalue weighted by Gasteiger charge is -2.23. The molecule has 0 radical (unpaired) electrons. The second-order valence-electron chi connectivity index (χ2n) is 4.10. The van der Waals surface area contributed by atoms with Crippen molar-refractivity contribution in [2.45, 2.75) is 11.0 Å². The van der Waals surface area contributed by atoms with Crippen LogP contribution in [0.15, 0.2) is 23.1 Å². The van der Waals surface area contributed by atoms with Crippen molar-refractivity contribution < 1.29 is 22.3 Å². The molecule has 0 spiro atoms. The maximum absolute atomic E-state index is 12.9. The molecular weight excluding hydrogens is 275 g/mol. The fraction of sp³-hybridized carbons (Fsp3) is 0.455. The Morgan fingerprint density at radius 1 is 1.42 bits per heavy atom. The summed E-state index contributed by atoms with van der Waals surface area (Å²) in [7, 11) is -3.78. The van der Waals surface area contributed by atoms with Gasteiger partial charge in [-0.1, -0.05) is 0 Å². The normalized spacial score (nSPS) is 20.4. The van der Waals surface area contributed by atoms with Crippen LogP contribution < -0.4 is 10.5 Å². The number of ether oxygens (including phenoxy) is 2. The van der Waals surface area contributed by atoms with Gasteiger partial charge in [0, 0.05) is 6.54 Å². The first kappa shape index (κ1) is 14.2. The molecule has 1 atom stereocenters. The smallest absolute Gasteiger partial charge is 0.242 e. The van der Waals surface area contributed by atoms with E-state index in [4.69, 9.17) is 15.2 Å². The minimum absolute atomic E-state index is 0.0825. The first-order valence-electron chi connectivity index (χ1n) is 5.73. The van der Waals surface area contributed by atoms with Crippen LogP contribution in [-0.4, -0.2) is 40.9 Å². The standard InChI is InChI=1S/C11H15FN2O4S/c12-8-1-2-11(10(13)5-8)19(15,16)14-6-9-7-17-3-4-18-9/h1-2,5,9,14H,3-4,6-7,13H2. The number of nitrogen functional groups attached to an aromatic ring is 1. The topological polar surface area (TPSA) is 90.7 Å². The molecule has 1 unspecified atom stereocenters. The zero-order valence-corrected chi connectivity index (χ0v) is 11.0. The summed E-state index contributed by atoms with van der Waals surface area (Å²) >= 11 is 0. The van der Waals surface area contributed by atoms with E-state index in [1.807, 2.05) is 0 Å². The van der Waals surface area contributed by atoms with Crippen LogP contribution in [0.2, 0.25) is 0 Å². The van der Waals surface area contributed by atoms with Crippen LogP contribution in [0.3, 0.4) is 0 Å². The molecule has 6 nitrogen and oxygen atoms in total. The Labute approximate surface area is 110 Å². The van der Waals surface area contributed by atoms with E-state index in [0.717, 1.165) is 18.2 Å². The average molecular weight is 290 g/mol. The summed E-state index contributed by atoms with van der Waals surface area (Å²) in [5.74, 6) is -0.583. The molecule has 8 heteroatoms. The quantitative estimate of drug-likeness (QED) is 0.768. The molecule has 1 aromatic carbocycles. The number of rotatable bonds is 4. The van der Waals surface area contributed by atoms with Crippen LogP contribution in [0.5, 0.6) is 0 Å². The van der Waals surface area contributed by atoms with E-state index >= 15 is 0 Å². The summed E-state index contributed by atoms with van der Waals surface area (Å²) < 4.78 is 49.7.